The Kier molecular flexibility index (Phi) is 7.77. The third kappa shape index (κ3) is 6.39. The Labute approximate surface area is 233 Å². The summed E-state index contributed by atoms with van der Waals surface area (Å²) in [5.41, 5.74) is 1.18. The molecule has 218 valence electrons. The number of pyridine rings is 2. The van der Waals surface area contributed by atoms with Gasteiger partial charge in [-0.3, -0.25) is 4.98 Å². The molecule has 0 unspecified atom stereocenters. The maximum atomic E-state index is 12.7. The topological polar surface area (TPSA) is 137 Å². The molecular formula is C28H37N3O9. The average Bonchev–Trinajstić information content (AvgIpc) is 3.44. The molecule has 5 heterocycles. The maximum Gasteiger partial charge on any atom is 0.509 e. The number of ether oxygens (including phenoxy) is 7. The average molecular weight is 560 g/mol. The van der Waals surface area contributed by atoms with Crippen molar-refractivity contribution < 1.29 is 42.7 Å². The second-order valence-corrected chi connectivity index (χ2v) is 11.7. The number of carbonyl (C=O) groups excluding carboxylic acids is 2. The van der Waals surface area contributed by atoms with Gasteiger partial charge in [-0.15, -0.1) is 0 Å². The van der Waals surface area contributed by atoms with Gasteiger partial charge in [0.25, 0.3) is 0 Å². The van der Waals surface area contributed by atoms with Crippen molar-refractivity contribution in [3.63, 3.8) is 0 Å². The van der Waals surface area contributed by atoms with Crippen molar-refractivity contribution in [1.29, 1.82) is 0 Å². The van der Waals surface area contributed by atoms with Crippen LogP contribution in [0.1, 0.15) is 65.5 Å². The van der Waals surface area contributed by atoms with Crippen LogP contribution in [0, 0.1) is 0 Å². The molecule has 12 heteroatoms. The number of carbonyl (C=O) groups is 2. The normalized spacial score (nSPS) is 30.0. The van der Waals surface area contributed by atoms with Gasteiger partial charge in [-0.05, 0) is 59.6 Å². The summed E-state index contributed by atoms with van der Waals surface area (Å²) >= 11 is 0. The van der Waals surface area contributed by atoms with Crippen LogP contribution < -0.4 is 10.1 Å². The van der Waals surface area contributed by atoms with Crippen LogP contribution in [0.15, 0.2) is 24.4 Å². The number of nitrogens with one attached hydrogen (secondary N) is 1. The second kappa shape index (κ2) is 11.0. The number of fused-ring (bicyclic) bond motifs is 1. The Balaban J connectivity index is 1.38. The smallest absolute Gasteiger partial charge is 0.481 e. The number of rotatable bonds is 6. The summed E-state index contributed by atoms with van der Waals surface area (Å²) < 4.78 is 40.5. The molecule has 0 radical (unpaired) electrons. The number of hydrogen-bond acceptors (Lipinski definition) is 11. The Morgan fingerprint density at radius 3 is 2.67 bits per heavy atom. The van der Waals surface area contributed by atoms with Crippen LogP contribution in [0.5, 0.6) is 5.88 Å². The minimum atomic E-state index is -0.786. The van der Waals surface area contributed by atoms with Crippen molar-refractivity contribution in [1.82, 2.24) is 15.3 Å². The van der Waals surface area contributed by atoms with Crippen LogP contribution in [0.25, 0.3) is 11.0 Å². The summed E-state index contributed by atoms with van der Waals surface area (Å²) in [6, 6.07) is 4.93. The van der Waals surface area contributed by atoms with E-state index in [-0.39, 0.29) is 12.1 Å². The van der Waals surface area contributed by atoms with Crippen molar-refractivity contribution in [2.75, 3.05) is 13.7 Å². The molecule has 3 aliphatic rings. The van der Waals surface area contributed by atoms with Gasteiger partial charge in [0.15, 0.2) is 18.0 Å². The molecule has 2 aromatic heterocycles. The van der Waals surface area contributed by atoms with Gasteiger partial charge in [-0.1, -0.05) is 0 Å². The molecule has 1 N–H and O–H groups in total. The minimum Gasteiger partial charge on any atom is -0.481 e. The van der Waals surface area contributed by atoms with Gasteiger partial charge in [-0.25, -0.2) is 14.6 Å². The number of hydrogen-bond donors (Lipinski definition) is 1. The molecule has 2 aromatic rings. The van der Waals surface area contributed by atoms with Gasteiger partial charge in [0, 0.05) is 24.2 Å². The molecule has 1 amide bonds. The lowest BCUT2D eigenvalue weighted by Crippen LogP contribution is -2.53. The third-order valence-electron chi connectivity index (χ3n) is 7.05. The second-order valence-electron chi connectivity index (χ2n) is 11.7. The summed E-state index contributed by atoms with van der Waals surface area (Å²) in [6.45, 7) is 9.55. The van der Waals surface area contributed by atoms with E-state index in [1.54, 1.807) is 24.4 Å². The first-order valence-corrected chi connectivity index (χ1v) is 13.5. The SMILES string of the molecule is COc1ccc2nccc([C@H]3OC(=O)O[C@@H]3[C@@H]3CC[C@@H](NC(=O)OC(C)(C)C)[C@H](C[C@@H]4COC(C)(C)O4)O3)c2n1. The fourth-order valence-electron chi connectivity index (χ4n) is 5.39. The van der Waals surface area contributed by atoms with Crippen LogP contribution in [-0.2, 0) is 28.4 Å². The van der Waals surface area contributed by atoms with Gasteiger partial charge in [0.2, 0.25) is 5.88 Å². The molecule has 3 saturated heterocycles. The molecule has 12 nitrogen and oxygen atoms in total. The first-order chi connectivity index (χ1) is 18.9. The van der Waals surface area contributed by atoms with E-state index in [4.69, 9.17) is 33.2 Å². The number of nitrogens with zero attached hydrogens (tertiary/aromatic N) is 2. The van der Waals surface area contributed by atoms with E-state index in [2.05, 4.69) is 15.3 Å². The van der Waals surface area contributed by atoms with Crippen LogP contribution in [0.4, 0.5) is 9.59 Å². The van der Waals surface area contributed by atoms with Crippen LogP contribution in [0.3, 0.4) is 0 Å². The van der Waals surface area contributed by atoms with E-state index in [0.717, 1.165) is 0 Å². The molecular weight excluding hydrogens is 522 g/mol. The van der Waals surface area contributed by atoms with E-state index >= 15 is 0 Å². The lowest BCUT2D eigenvalue weighted by Gasteiger charge is -2.40. The van der Waals surface area contributed by atoms with E-state index in [1.807, 2.05) is 34.6 Å². The molecule has 0 saturated carbocycles. The fraction of sp³-hybridized carbons (Fsp3) is 0.643. The first-order valence-electron chi connectivity index (χ1n) is 13.5. The zero-order chi connectivity index (χ0) is 28.7. The number of cyclic esters (lactones) is 2. The molecule has 6 atom stereocenters. The summed E-state index contributed by atoms with van der Waals surface area (Å²) in [5.74, 6) is -0.293. The van der Waals surface area contributed by atoms with Gasteiger partial charge < -0.3 is 38.5 Å². The number of methoxy groups -OCH3 is 1. The van der Waals surface area contributed by atoms with E-state index in [0.29, 0.717) is 48.3 Å². The predicted octanol–water partition coefficient (Wildman–Crippen LogP) is 4.20. The molecule has 0 spiro atoms. The zero-order valence-corrected chi connectivity index (χ0v) is 23.7. The first kappa shape index (κ1) is 28.3. The Morgan fingerprint density at radius 1 is 1.18 bits per heavy atom. The van der Waals surface area contributed by atoms with Crippen molar-refractivity contribution in [2.45, 2.75) is 102 Å². The van der Waals surface area contributed by atoms with Crippen molar-refractivity contribution in [2.24, 2.45) is 0 Å². The highest BCUT2D eigenvalue weighted by Gasteiger charge is 2.48. The molecule has 40 heavy (non-hydrogen) atoms. The minimum absolute atomic E-state index is 0.235. The highest BCUT2D eigenvalue weighted by molar-refractivity contribution is 5.79. The molecule has 0 bridgehead atoms. The van der Waals surface area contributed by atoms with Crippen molar-refractivity contribution >= 4 is 23.3 Å². The lowest BCUT2D eigenvalue weighted by atomic mass is 9.90. The van der Waals surface area contributed by atoms with E-state index in [9.17, 15) is 9.59 Å². The standard InChI is InChI=1S/C28H37N3O9/c1-27(2,3)40-25(32)30-17-7-9-19(36-20(17)13-15-14-35-28(4,5)39-15)24-23(37-26(33)38-24)16-11-12-29-18-8-10-21(34-6)31-22(16)18/h8,10-12,15,17,19-20,23-24H,7,9,13-14H2,1-6H3,(H,30,32)/t15-,17-,19+,20+,23-,24-/m1/s1. The van der Waals surface area contributed by atoms with Crippen LogP contribution in [-0.4, -0.2) is 77.8 Å². The zero-order valence-electron chi connectivity index (χ0n) is 23.7. The van der Waals surface area contributed by atoms with E-state index < -0.39 is 48.1 Å². The van der Waals surface area contributed by atoms with Crippen molar-refractivity contribution in [3.8, 4) is 5.88 Å². The van der Waals surface area contributed by atoms with E-state index in [1.165, 1.54) is 7.11 Å². The van der Waals surface area contributed by atoms with Crippen LogP contribution >= 0.6 is 0 Å². The Hall–Kier alpha value is -3.22. The highest BCUT2D eigenvalue weighted by Crippen LogP contribution is 2.40. The van der Waals surface area contributed by atoms with Gasteiger partial charge in [0.1, 0.15) is 5.60 Å². The third-order valence-corrected chi connectivity index (χ3v) is 7.05. The van der Waals surface area contributed by atoms with Gasteiger partial charge in [-0.2, -0.15) is 0 Å². The lowest BCUT2D eigenvalue weighted by molar-refractivity contribution is -0.156. The molecule has 3 aliphatic heterocycles. The number of aromatic nitrogens is 2. The Morgan fingerprint density at radius 2 is 1.98 bits per heavy atom. The summed E-state index contributed by atoms with van der Waals surface area (Å²) in [6.07, 6.45) is -0.863. The number of alkyl carbamates (subject to hydrolysis) is 1. The largest absolute Gasteiger partial charge is 0.509 e. The predicted molar refractivity (Wildman–Crippen MR) is 141 cm³/mol. The monoisotopic (exact) mass is 559 g/mol. The summed E-state index contributed by atoms with van der Waals surface area (Å²) in [4.78, 5) is 34.0. The number of amides is 1. The molecule has 3 fully saturated rings. The maximum absolute atomic E-state index is 12.7. The molecule has 0 aliphatic carbocycles. The van der Waals surface area contributed by atoms with Gasteiger partial charge in [0.05, 0.1) is 49.1 Å². The molecule has 5 rings (SSSR count). The molecule has 0 aromatic carbocycles. The fourth-order valence-corrected chi connectivity index (χ4v) is 5.39. The van der Waals surface area contributed by atoms with Gasteiger partial charge >= 0.3 is 12.2 Å². The highest BCUT2D eigenvalue weighted by atomic mass is 16.8. The Bertz CT molecular complexity index is 1250. The quantitative estimate of drug-likeness (QED) is 0.510. The summed E-state index contributed by atoms with van der Waals surface area (Å²) in [7, 11) is 1.53. The summed E-state index contributed by atoms with van der Waals surface area (Å²) in [5, 5.41) is 2.97. The van der Waals surface area contributed by atoms with Crippen molar-refractivity contribution in [3.05, 3.63) is 30.0 Å². The van der Waals surface area contributed by atoms with Crippen LogP contribution in [0.2, 0.25) is 0 Å².